The monoisotopic (exact) mass is 261 g/mol. The van der Waals surface area contributed by atoms with Crippen LogP contribution in [0, 0.1) is 0 Å². The van der Waals surface area contributed by atoms with Crippen LogP contribution in [0.5, 0.6) is 5.75 Å². The number of nitrogens with two attached hydrogens (primary N) is 1. The highest BCUT2D eigenvalue weighted by molar-refractivity contribution is 6.30. The third-order valence-corrected chi connectivity index (χ3v) is 3.14. The van der Waals surface area contributed by atoms with Crippen molar-refractivity contribution in [2.24, 2.45) is 5.73 Å². The number of rotatable bonds is 4. The van der Waals surface area contributed by atoms with Crippen molar-refractivity contribution in [3.63, 3.8) is 0 Å². The van der Waals surface area contributed by atoms with Crippen LogP contribution < -0.4 is 10.5 Å². The predicted molar refractivity (Wildman–Crippen MR) is 75.1 cm³/mol. The van der Waals surface area contributed by atoms with E-state index in [2.05, 4.69) is 0 Å². The molecule has 2 rings (SSSR count). The second-order valence-electron chi connectivity index (χ2n) is 4.18. The molecule has 0 spiro atoms. The summed E-state index contributed by atoms with van der Waals surface area (Å²) < 4.78 is 5.32. The normalized spacial score (nSPS) is 12.2. The van der Waals surface area contributed by atoms with Crippen molar-refractivity contribution in [1.82, 2.24) is 0 Å². The van der Waals surface area contributed by atoms with Gasteiger partial charge in [0.15, 0.2) is 0 Å². The Morgan fingerprint density at radius 3 is 2.67 bits per heavy atom. The number of hydrogen-bond donors (Lipinski definition) is 1. The number of methoxy groups -OCH3 is 1. The topological polar surface area (TPSA) is 35.2 Å². The molecule has 0 saturated heterocycles. The van der Waals surface area contributed by atoms with Crippen LogP contribution in [-0.2, 0) is 6.42 Å². The quantitative estimate of drug-likeness (QED) is 0.913. The van der Waals surface area contributed by atoms with Crippen molar-refractivity contribution in [1.29, 1.82) is 0 Å². The number of halogens is 1. The van der Waals surface area contributed by atoms with Crippen molar-refractivity contribution in [2.75, 3.05) is 7.11 Å². The average Bonchev–Trinajstić information content (AvgIpc) is 2.39. The van der Waals surface area contributed by atoms with Crippen LogP contribution in [0.2, 0.25) is 5.02 Å². The summed E-state index contributed by atoms with van der Waals surface area (Å²) in [4.78, 5) is 0. The molecule has 2 N–H and O–H groups in total. The van der Waals surface area contributed by atoms with Gasteiger partial charge in [0, 0.05) is 11.1 Å². The summed E-state index contributed by atoms with van der Waals surface area (Å²) in [7, 11) is 1.67. The fraction of sp³-hybridized carbons (Fsp3) is 0.200. The molecule has 0 aliphatic heterocycles. The van der Waals surface area contributed by atoms with Gasteiger partial charge in [-0.25, -0.2) is 0 Å². The Bertz CT molecular complexity index is 527. The second kappa shape index (κ2) is 5.89. The van der Waals surface area contributed by atoms with Crippen LogP contribution in [0.15, 0.2) is 48.5 Å². The lowest BCUT2D eigenvalue weighted by atomic mass is 9.99. The summed E-state index contributed by atoms with van der Waals surface area (Å²) in [6, 6.07) is 15.5. The van der Waals surface area contributed by atoms with Gasteiger partial charge >= 0.3 is 0 Å². The molecule has 0 aromatic heterocycles. The van der Waals surface area contributed by atoms with Gasteiger partial charge in [0.1, 0.15) is 5.75 Å². The van der Waals surface area contributed by atoms with Crippen molar-refractivity contribution in [2.45, 2.75) is 12.5 Å². The summed E-state index contributed by atoms with van der Waals surface area (Å²) in [5, 5.41) is 0.711. The molecule has 1 atom stereocenters. The van der Waals surface area contributed by atoms with Crippen LogP contribution in [-0.4, -0.2) is 7.11 Å². The first-order valence-electron chi connectivity index (χ1n) is 5.83. The number of benzene rings is 2. The van der Waals surface area contributed by atoms with E-state index in [-0.39, 0.29) is 6.04 Å². The molecule has 18 heavy (non-hydrogen) atoms. The SMILES string of the molecule is COc1ccccc1CC(N)c1cccc(Cl)c1. The molecule has 0 bridgehead atoms. The van der Waals surface area contributed by atoms with Gasteiger partial charge in [0.25, 0.3) is 0 Å². The van der Waals surface area contributed by atoms with E-state index in [9.17, 15) is 0 Å². The third kappa shape index (κ3) is 3.03. The number of para-hydroxylation sites is 1. The van der Waals surface area contributed by atoms with E-state index in [1.165, 1.54) is 0 Å². The van der Waals surface area contributed by atoms with E-state index in [0.29, 0.717) is 5.02 Å². The van der Waals surface area contributed by atoms with Crippen LogP contribution in [0.1, 0.15) is 17.2 Å². The fourth-order valence-electron chi connectivity index (χ4n) is 1.96. The first-order chi connectivity index (χ1) is 8.70. The van der Waals surface area contributed by atoms with Gasteiger partial charge in [-0.1, -0.05) is 41.9 Å². The maximum Gasteiger partial charge on any atom is 0.122 e. The highest BCUT2D eigenvalue weighted by Gasteiger charge is 2.10. The zero-order chi connectivity index (χ0) is 13.0. The lowest BCUT2D eigenvalue weighted by Gasteiger charge is -2.14. The molecule has 0 saturated carbocycles. The largest absolute Gasteiger partial charge is 0.496 e. The fourth-order valence-corrected chi connectivity index (χ4v) is 2.16. The molecular weight excluding hydrogens is 246 g/mol. The van der Waals surface area contributed by atoms with Gasteiger partial charge in [-0.05, 0) is 35.7 Å². The lowest BCUT2D eigenvalue weighted by molar-refractivity contribution is 0.408. The summed E-state index contributed by atoms with van der Waals surface area (Å²) in [6.07, 6.45) is 0.727. The standard InChI is InChI=1S/C15H16ClNO/c1-18-15-8-3-2-5-12(15)10-14(17)11-6-4-7-13(16)9-11/h2-9,14H,10,17H2,1H3. The summed E-state index contributed by atoms with van der Waals surface area (Å²) in [5.41, 5.74) is 8.35. The third-order valence-electron chi connectivity index (χ3n) is 2.91. The van der Waals surface area contributed by atoms with Gasteiger partial charge in [-0.2, -0.15) is 0 Å². The average molecular weight is 262 g/mol. The number of ether oxygens (including phenoxy) is 1. The Morgan fingerprint density at radius 1 is 1.17 bits per heavy atom. The minimum atomic E-state index is -0.0833. The summed E-state index contributed by atoms with van der Waals surface area (Å²) >= 11 is 5.97. The maximum atomic E-state index is 6.21. The molecule has 2 aromatic rings. The highest BCUT2D eigenvalue weighted by Crippen LogP contribution is 2.24. The smallest absolute Gasteiger partial charge is 0.122 e. The molecule has 0 heterocycles. The molecule has 0 radical (unpaired) electrons. The van der Waals surface area contributed by atoms with Crippen molar-refractivity contribution in [3.8, 4) is 5.75 Å². The molecule has 2 aromatic carbocycles. The Balaban J connectivity index is 2.18. The minimum absolute atomic E-state index is 0.0833. The van der Waals surface area contributed by atoms with E-state index in [1.54, 1.807) is 7.11 Å². The van der Waals surface area contributed by atoms with Crippen LogP contribution in [0.3, 0.4) is 0 Å². The van der Waals surface area contributed by atoms with Gasteiger partial charge in [-0.15, -0.1) is 0 Å². The molecule has 94 valence electrons. The van der Waals surface area contributed by atoms with E-state index >= 15 is 0 Å². The second-order valence-corrected chi connectivity index (χ2v) is 4.61. The molecule has 0 aliphatic carbocycles. The summed E-state index contributed by atoms with van der Waals surface area (Å²) in [5.74, 6) is 0.870. The first kappa shape index (κ1) is 12.9. The predicted octanol–water partition coefficient (Wildman–Crippen LogP) is 3.59. The van der Waals surface area contributed by atoms with E-state index in [1.807, 2.05) is 48.5 Å². The van der Waals surface area contributed by atoms with Crippen molar-refractivity contribution >= 4 is 11.6 Å². The van der Waals surface area contributed by atoms with E-state index in [0.717, 1.165) is 23.3 Å². The van der Waals surface area contributed by atoms with Gasteiger partial charge in [0.2, 0.25) is 0 Å². The first-order valence-corrected chi connectivity index (χ1v) is 6.21. The van der Waals surface area contributed by atoms with Crippen LogP contribution >= 0.6 is 11.6 Å². The van der Waals surface area contributed by atoms with Crippen molar-refractivity contribution < 1.29 is 4.74 Å². The molecule has 3 heteroatoms. The highest BCUT2D eigenvalue weighted by atomic mass is 35.5. The maximum absolute atomic E-state index is 6.21. The zero-order valence-electron chi connectivity index (χ0n) is 10.3. The molecule has 2 nitrogen and oxygen atoms in total. The molecule has 0 amide bonds. The lowest BCUT2D eigenvalue weighted by Crippen LogP contribution is -2.13. The minimum Gasteiger partial charge on any atom is -0.496 e. The van der Waals surface area contributed by atoms with Gasteiger partial charge in [-0.3, -0.25) is 0 Å². The van der Waals surface area contributed by atoms with E-state index < -0.39 is 0 Å². The van der Waals surface area contributed by atoms with Crippen molar-refractivity contribution in [3.05, 3.63) is 64.7 Å². The Kier molecular flexibility index (Phi) is 4.24. The molecule has 1 unspecified atom stereocenters. The van der Waals surface area contributed by atoms with Crippen LogP contribution in [0.25, 0.3) is 0 Å². The van der Waals surface area contributed by atoms with Gasteiger partial charge < -0.3 is 10.5 Å². The Labute approximate surface area is 112 Å². The summed E-state index contributed by atoms with van der Waals surface area (Å²) in [6.45, 7) is 0. The van der Waals surface area contributed by atoms with E-state index in [4.69, 9.17) is 22.1 Å². The Hall–Kier alpha value is -1.51. The number of hydrogen-bond acceptors (Lipinski definition) is 2. The zero-order valence-corrected chi connectivity index (χ0v) is 11.0. The van der Waals surface area contributed by atoms with Crippen LogP contribution in [0.4, 0.5) is 0 Å². The molecular formula is C15H16ClNO. The molecule has 0 fully saturated rings. The van der Waals surface area contributed by atoms with Gasteiger partial charge in [0.05, 0.1) is 7.11 Å². The molecule has 0 aliphatic rings. The Morgan fingerprint density at radius 2 is 1.94 bits per heavy atom.